The Kier molecular flexibility index (Phi) is 5.11. The Morgan fingerprint density at radius 2 is 1.70 bits per heavy atom. The molecule has 30 heavy (non-hydrogen) atoms. The average molecular weight is 410 g/mol. The largest absolute Gasteiger partial charge is 0.493 e. The SMILES string of the molecule is COc1ccc(/C=C2\Oc3c(ccc(OC(=O)C4CC4)c3C)C2=O)c(OC)c1OC. The van der Waals surface area contributed by atoms with E-state index in [1.807, 2.05) is 0 Å². The zero-order valence-electron chi connectivity index (χ0n) is 17.2. The van der Waals surface area contributed by atoms with Gasteiger partial charge >= 0.3 is 5.97 Å². The molecule has 0 amide bonds. The van der Waals surface area contributed by atoms with Gasteiger partial charge < -0.3 is 23.7 Å². The summed E-state index contributed by atoms with van der Waals surface area (Å²) in [6.45, 7) is 1.77. The third-order valence-electron chi connectivity index (χ3n) is 5.18. The molecule has 156 valence electrons. The van der Waals surface area contributed by atoms with Gasteiger partial charge in [-0.2, -0.15) is 0 Å². The van der Waals surface area contributed by atoms with E-state index in [9.17, 15) is 9.59 Å². The summed E-state index contributed by atoms with van der Waals surface area (Å²) in [6, 6.07) is 6.73. The predicted octanol–water partition coefficient (Wildman–Crippen LogP) is 3.95. The van der Waals surface area contributed by atoms with Crippen LogP contribution < -0.4 is 23.7 Å². The highest BCUT2D eigenvalue weighted by atomic mass is 16.5. The molecule has 0 atom stereocenters. The molecule has 1 heterocycles. The van der Waals surface area contributed by atoms with E-state index in [0.29, 0.717) is 45.4 Å². The number of hydrogen-bond acceptors (Lipinski definition) is 7. The van der Waals surface area contributed by atoms with Gasteiger partial charge in [0.05, 0.1) is 32.8 Å². The minimum Gasteiger partial charge on any atom is -0.493 e. The predicted molar refractivity (Wildman–Crippen MR) is 109 cm³/mol. The number of carbonyl (C=O) groups is 2. The van der Waals surface area contributed by atoms with E-state index in [0.717, 1.165) is 12.8 Å². The molecule has 0 N–H and O–H groups in total. The molecule has 2 aromatic carbocycles. The van der Waals surface area contributed by atoms with Gasteiger partial charge in [0.2, 0.25) is 11.5 Å². The van der Waals surface area contributed by atoms with Gasteiger partial charge in [-0.05, 0) is 50.1 Å². The van der Waals surface area contributed by atoms with Crippen molar-refractivity contribution < 1.29 is 33.3 Å². The maximum atomic E-state index is 12.9. The number of rotatable bonds is 6. The van der Waals surface area contributed by atoms with Crippen LogP contribution in [0.25, 0.3) is 6.08 Å². The number of allylic oxidation sites excluding steroid dienone is 1. The molecule has 0 bridgehead atoms. The maximum Gasteiger partial charge on any atom is 0.314 e. The first-order valence-electron chi connectivity index (χ1n) is 9.57. The first-order chi connectivity index (χ1) is 14.5. The minimum atomic E-state index is -0.259. The van der Waals surface area contributed by atoms with Crippen LogP contribution >= 0.6 is 0 Å². The second-order valence-electron chi connectivity index (χ2n) is 7.12. The van der Waals surface area contributed by atoms with Gasteiger partial charge in [0, 0.05) is 11.1 Å². The molecule has 1 aliphatic carbocycles. The van der Waals surface area contributed by atoms with Crippen LogP contribution in [-0.4, -0.2) is 33.1 Å². The van der Waals surface area contributed by atoms with Crippen molar-refractivity contribution in [3.63, 3.8) is 0 Å². The van der Waals surface area contributed by atoms with Gasteiger partial charge in [0.1, 0.15) is 11.5 Å². The van der Waals surface area contributed by atoms with E-state index < -0.39 is 0 Å². The lowest BCUT2D eigenvalue weighted by atomic mass is 10.1. The number of Topliss-reactive ketones (excluding diaryl/α,β-unsaturated/α-hetero) is 1. The Hall–Kier alpha value is -3.48. The second kappa shape index (κ2) is 7.74. The van der Waals surface area contributed by atoms with Crippen LogP contribution in [0.2, 0.25) is 0 Å². The first-order valence-corrected chi connectivity index (χ1v) is 9.57. The summed E-state index contributed by atoms with van der Waals surface area (Å²) in [4.78, 5) is 24.9. The topological polar surface area (TPSA) is 80.3 Å². The molecule has 7 heteroatoms. The van der Waals surface area contributed by atoms with E-state index >= 15 is 0 Å². The molecule has 2 aliphatic rings. The van der Waals surface area contributed by atoms with Crippen molar-refractivity contribution in [3.8, 4) is 28.7 Å². The lowest BCUT2D eigenvalue weighted by Crippen LogP contribution is -2.10. The second-order valence-corrected chi connectivity index (χ2v) is 7.12. The molecule has 1 aliphatic heterocycles. The Labute approximate surface area is 174 Å². The van der Waals surface area contributed by atoms with E-state index in [-0.39, 0.29) is 23.4 Å². The van der Waals surface area contributed by atoms with Crippen LogP contribution in [0.3, 0.4) is 0 Å². The van der Waals surface area contributed by atoms with Gasteiger partial charge in [-0.3, -0.25) is 9.59 Å². The standard InChI is InChI=1S/C23H22O7/c1-12-16(30-23(25)13-5-6-13)10-8-15-19(24)18(29-20(12)15)11-14-7-9-17(26-2)22(28-4)21(14)27-3/h7-11,13H,5-6H2,1-4H3/b18-11-. The Morgan fingerprint density at radius 3 is 2.33 bits per heavy atom. The number of ether oxygens (including phenoxy) is 5. The normalized spacial score (nSPS) is 16.1. The lowest BCUT2D eigenvalue weighted by molar-refractivity contribution is -0.135. The summed E-state index contributed by atoms with van der Waals surface area (Å²) in [6.07, 6.45) is 3.31. The van der Waals surface area contributed by atoms with Crippen LogP contribution in [0.1, 0.15) is 34.3 Å². The molecular formula is C23H22O7. The van der Waals surface area contributed by atoms with Crippen molar-refractivity contribution in [3.05, 3.63) is 46.7 Å². The molecule has 0 aromatic heterocycles. The van der Waals surface area contributed by atoms with Gasteiger partial charge in [0.15, 0.2) is 17.3 Å². The highest BCUT2D eigenvalue weighted by molar-refractivity contribution is 6.15. The number of carbonyl (C=O) groups excluding carboxylic acids is 2. The van der Waals surface area contributed by atoms with Crippen LogP contribution in [-0.2, 0) is 4.79 Å². The van der Waals surface area contributed by atoms with E-state index in [2.05, 4.69) is 0 Å². The molecule has 1 saturated carbocycles. The Morgan fingerprint density at radius 1 is 1.00 bits per heavy atom. The summed E-state index contributed by atoms with van der Waals surface area (Å²) in [5.74, 6) is 1.78. The molecule has 7 nitrogen and oxygen atoms in total. The molecule has 1 fully saturated rings. The molecule has 0 spiro atoms. The molecule has 4 rings (SSSR count). The zero-order valence-corrected chi connectivity index (χ0v) is 17.2. The number of esters is 1. The zero-order chi connectivity index (χ0) is 21.4. The lowest BCUT2D eigenvalue weighted by Gasteiger charge is -2.14. The van der Waals surface area contributed by atoms with Gasteiger partial charge in [-0.15, -0.1) is 0 Å². The first kappa shape index (κ1) is 19.8. The van der Waals surface area contributed by atoms with E-state index in [1.165, 1.54) is 21.3 Å². The van der Waals surface area contributed by atoms with E-state index in [1.54, 1.807) is 37.3 Å². The van der Waals surface area contributed by atoms with Crippen molar-refractivity contribution >= 4 is 17.8 Å². The number of ketones is 1. The molecular weight excluding hydrogens is 388 g/mol. The molecule has 2 aromatic rings. The third-order valence-corrected chi connectivity index (χ3v) is 5.18. The smallest absolute Gasteiger partial charge is 0.314 e. The molecule has 0 unspecified atom stereocenters. The fraction of sp³-hybridized carbons (Fsp3) is 0.304. The summed E-state index contributed by atoms with van der Waals surface area (Å²) in [5.41, 5.74) is 1.63. The number of methoxy groups -OCH3 is 3. The average Bonchev–Trinajstić information content (AvgIpc) is 3.55. The number of hydrogen-bond donors (Lipinski definition) is 0. The summed E-state index contributed by atoms with van der Waals surface area (Å²) in [7, 11) is 4.56. The number of benzene rings is 2. The van der Waals surface area contributed by atoms with Crippen LogP contribution in [0, 0.1) is 12.8 Å². The van der Waals surface area contributed by atoms with Crippen molar-refractivity contribution in [2.75, 3.05) is 21.3 Å². The summed E-state index contributed by atoms with van der Waals surface area (Å²) >= 11 is 0. The van der Waals surface area contributed by atoms with Crippen LogP contribution in [0.5, 0.6) is 28.7 Å². The highest BCUT2D eigenvalue weighted by Gasteiger charge is 2.34. The monoisotopic (exact) mass is 410 g/mol. The van der Waals surface area contributed by atoms with Crippen molar-refractivity contribution in [2.24, 2.45) is 5.92 Å². The highest BCUT2D eigenvalue weighted by Crippen LogP contribution is 2.43. The van der Waals surface area contributed by atoms with Crippen LogP contribution in [0.4, 0.5) is 0 Å². The fourth-order valence-electron chi connectivity index (χ4n) is 3.37. The molecule has 0 radical (unpaired) electrons. The van der Waals surface area contributed by atoms with Gasteiger partial charge in [-0.25, -0.2) is 0 Å². The Balaban J connectivity index is 1.68. The Bertz CT molecular complexity index is 1060. The van der Waals surface area contributed by atoms with Crippen molar-refractivity contribution in [1.29, 1.82) is 0 Å². The van der Waals surface area contributed by atoms with Crippen molar-refractivity contribution in [2.45, 2.75) is 19.8 Å². The third kappa shape index (κ3) is 3.36. The van der Waals surface area contributed by atoms with Gasteiger partial charge in [0.25, 0.3) is 0 Å². The van der Waals surface area contributed by atoms with Crippen molar-refractivity contribution in [1.82, 2.24) is 0 Å². The van der Waals surface area contributed by atoms with E-state index in [4.69, 9.17) is 23.7 Å². The fourth-order valence-corrected chi connectivity index (χ4v) is 3.37. The summed E-state index contributed by atoms with van der Waals surface area (Å²) < 4.78 is 27.5. The quantitative estimate of drug-likeness (QED) is 0.405. The number of fused-ring (bicyclic) bond motifs is 1. The van der Waals surface area contributed by atoms with Crippen LogP contribution in [0.15, 0.2) is 30.0 Å². The van der Waals surface area contributed by atoms with Gasteiger partial charge in [-0.1, -0.05) is 0 Å². The maximum absolute atomic E-state index is 12.9. The molecule has 0 saturated heterocycles. The summed E-state index contributed by atoms with van der Waals surface area (Å²) in [5, 5.41) is 0. The minimum absolute atomic E-state index is 0.0202.